The first-order chi connectivity index (χ1) is 9.30. The molecule has 0 aliphatic heterocycles. The molecule has 0 atom stereocenters. The van der Waals surface area contributed by atoms with Gasteiger partial charge in [0.1, 0.15) is 0 Å². The lowest BCUT2D eigenvalue weighted by Crippen LogP contribution is -2.28. The van der Waals surface area contributed by atoms with E-state index in [1.54, 1.807) is 7.11 Å². The van der Waals surface area contributed by atoms with Crippen LogP contribution in [-0.2, 0) is 14.8 Å². The average molecular weight is 366 g/mol. The number of rotatable bonds is 7. The van der Waals surface area contributed by atoms with Crippen molar-refractivity contribution in [1.82, 2.24) is 4.31 Å². The predicted molar refractivity (Wildman–Crippen MR) is 77.4 cm³/mol. The smallest absolute Gasteiger partial charge is 0.336 e. The molecule has 0 unspecified atom stereocenters. The standard InChI is InChI=1S/C12H16BrNO5S/c1-14(6-3-7-19-2)20(17,18)9-4-5-11(13)10(8-9)12(15)16/h4-5,8H,3,6-7H2,1-2H3,(H,15,16). The Bertz CT molecular complexity index is 588. The first-order valence-electron chi connectivity index (χ1n) is 5.79. The highest BCUT2D eigenvalue weighted by molar-refractivity contribution is 9.10. The fourth-order valence-electron chi connectivity index (χ4n) is 1.56. The molecule has 0 aromatic heterocycles. The van der Waals surface area contributed by atoms with E-state index in [0.29, 0.717) is 24.0 Å². The molecule has 1 N–H and O–H groups in total. The van der Waals surface area contributed by atoms with Crippen molar-refractivity contribution in [2.45, 2.75) is 11.3 Å². The molecule has 0 heterocycles. The Kier molecular flexibility index (Phi) is 6.12. The zero-order valence-electron chi connectivity index (χ0n) is 11.2. The Morgan fingerprint density at radius 1 is 1.45 bits per heavy atom. The van der Waals surface area contributed by atoms with Crippen molar-refractivity contribution in [3.05, 3.63) is 28.2 Å². The van der Waals surface area contributed by atoms with Gasteiger partial charge in [-0.25, -0.2) is 17.5 Å². The quantitative estimate of drug-likeness (QED) is 0.744. The first kappa shape index (κ1) is 17.1. The van der Waals surface area contributed by atoms with Gasteiger partial charge in [0.05, 0.1) is 10.5 Å². The minimum absolute atomic E-state index is 0.0435. The molecule has 1 aromatic rings. The topological polar surface area (TPSA) is 83.9 Å². The highest BCUT2D eigenvalue weighted by Crippen LogP contribution is 2.23. The van der Waals surface area contributed by atoms with Crippen LogP contribution in [0.4, 0.5) is 0 Å². The van der Waals surface area contributed by atoms with Crippen LogP contribution in [0, 0.1) is 0 Å². The van der Waals surface area contributed by atoms with Crippen LogP contribution in [-0.4, -0.2) is 51.1 Å². The minimum Gasteiger partial charge on any atom is -0.478 e. The molecule has 0 aliphatic rings. The highest BCUT2D eigenvalue weighted by Gasteiger charge is 2.22. The molecule has 0 saturated carbocycles. The maximum atomic E-state index is 12.3. The van der Waals surface area contributed by atoms with Gasteiger partial charge in [0.15, 0.2) is 0 Å². The second-order valence-electron chi connectivity index (χ2n) is 4.12. The zero-order valence-corrected chi connectivity index (χ0v) is 13.6. The van der Waals surface area contributed by atoms with Crippen LogP contribution in [0.15, 0.2) is 27.6 Å². The van der Waals surface area contributed by atoms with Crippen LogP contribution < -0.4 is 0 Å². The van der Waals surface area contributed by atoms with Crippen LogP contribution in [0.25, 0.3) is 0 Å². The molecule has 0 radical (unpaired) electrons. The van der Waals surface area contributed by atoms with Gasteiger partial charge in [0.2, 0.25) is 10.0 Å². The Hall–Kier alpha value is -0.960. The zero-order chi connectivity index (χ0) is 15.3. The van der Waals surface area contributed by atoms with Crippen LogP contribution in [0.3, 0.4) is 0 Å². The minimum atomic E-state index is -3.70. The van der Waals surface area contributed by atoms with Gasteiger partial charge in [-0.15, -0.1) is 0 Å². The summed E-state index contributed by atoms with van der Waals surface area (Å²) in [5.41, 5.74) is -0.0867. The van der Waals surface area contributed by atoms with E-state index in [4.69, 9.17) is 9.84 Å². The summed E-state index contributed by atoms with van der Waals surface area (Å²) in [7, 11) is -0.703. The lowest BCUT2D eigenvalue weighted by Gasteiger charge is -2.17. The number of hydrogen-bond acceptors (Lipinski definition) is 4. The Labute approximate surface area is 126 Å². The summed E-state index contributed by atoms with van der Waals surface area (Å²) < 4.78 is 31.0. The van der Waals surface area contributed by atoms with Gasteiger partial charge in [0.25, 0.3) is 0 Å². The number of carboxylic acids is 1. The molecule has 1 rings (SSSR count). The summed E-state index contributed by atoms with van der Waals surface area (Å²) in [5, 5.41) is 9.01. The highest BCUT2D eigenvalue weighted by atomic mass is 79.9. The van der Waals surface area contributed by atoms with Crippen molar-refractivity contribution < 1.29 is 23.1 Å². The van der Waals surface area contributed by atoms with Crippen LogP contribution in [0.1, 0.15) is 16.8 Å². The number of hydrogen-bond donors (Lipinski definition) is 1. The fourth-order valence-corrected chi connectivity index (χ4v) is 3.21. The number of aromatic carboxylic acids is 1. The molecule has 6 nitrogen and oxygen atoms in total. The molecule has 0 bridgehead atoms. The van der Waals surface area contributed by atoms with E-state index in [-0.39, 0.29) is 10.5 Å². The third-order valence-electron chi connectivity index (χ3n) is 2.70. The van der Waals surface area contributed by atoms with Crippen molar-refractivity contribution in [2.75, 3.05) is 27.3 Å². The molecular formula is C12H16BrNO5S. The number of benzene rings is 1. The van der Waals surface area contributed by atoms with Gasteiger partial charge in [-0.05, 0) is 40.5 Å². The van der Waals surface area contributed by atoms with E-state index in [0.717, 1.165) is 6.07 Å². The summed E-state index contributed by atoms with van der Waals surface area (Å²) >= 11 is 3.08. The molecule has 0 amide bonds. The summed E-state index contributed by atoms with van der Waals surface area (Å²) in [6, 6.07) is 3.94. The van der Waals surface area contributed by atoms with Crippen LogP contribution in [0.2, 0.25) is 0 Å². The molecule has 0 saturated heterocycles. The van der Waals surface area contributed by atoms with Crippen LogP contribution in [0.5, 0.6) is 0 Å². The van der Waals surface area contributed by atoms with Gasteiger partial charge in [-0.2, -0.15) is 0 Å². The molecule has 20 heavy (non-hydrogen) atoms. The third-order valence-corrected chi connectivity index (χ3v) is 5.24. The maximum Gasteiger partial charge on any atom is 0.336 e. The van der Waals surface area contributed by atoms with E-state index in [9.17, 15) is 13.2 Å². The second-order valence-corrected chi connectivity index (χ2v) is 7.02. The average Bonchev–Trinajstić information content (AvgIpc) is 2.38. The number of carboxylic acid groups (broad SMARTS) is 1. The van der Waals surface area contributed by atoms with Gasteiger partial charge < -0.3 is 9.84 Å². The third kappa shape index (κ3) is 4.02. The van der Waals surface area contributed by atoms with Crippen LogP contribution >= 0.6 is 15.9 Å². The number of nitrogens with zero attached hydrogens (tertiary/aromatic N) is 1. The molecule has 0 aliphatic carbocycles. The normalized spacial score (nSPS) is 11.8. The Balaban J connectivity index is 3.03. The number of carbonyl (C=O) groups is 1. The molecule has 112 valence electrons. The second kappa shape index (κ2) is 7.16. The fraction of sp³-hybridized carbons (Fsp3) is 0.417. The molecule has 8 heteroatoms. The maximum absolute atomic E-state index is 12.3. The Morgan fingerprint density at radius 2 is 2.10 bits per heavy atom. The van der Waals surface area contributed by atoms with Crippen molar-refractivity contribution in [3.63, 3.8) is 0 Å². The SMILES string of the molecule is COCCCN(C)S(=O)(=O)c1ccc(Br)c(C(=O)O)c1. The van der Waals surface area contributed by atoms with Gasteiger partial charge >= 0.3 is 5.97 Å². The summed E-state index contributed by atoms with van der Waals surface area (Å²) in [4.78, 5) is 11.0. The number of methoxy groups -OCH3 is 1. The Morgan fingerprint density at radius 3 is 2.65 bits per heavy atom. The van der Waals surface area contributed by atoms with Gasteiger partial charge in [-0.1, -0.05) is 0 Å². The van der Waals surface area contributed by atoms with E-state index in [1.165, 1.54) is 23.5 Å². The number of halogens is 1. The number of sulfonamides is 1. The summed E-state index contributed by atoms with van der Waals surface area (Å²) in [6.07, 6.45) is 0.564. The lowest BCUT2D eigenvalue weighted by molar-refractivity contribution is 0.0695. The van der Waals surface area contributed by atoms with E-state index >= 15 is 0 Å². The van der Waals surface area contributed by atoms with Gasteiger partial charge in [0, 0.05) is 31.8 Å². The van der Waals surface area contributed by atoms with E-state index < -0.39 is 16.0 Å². The lowest BCUT2D eigenvalue weighted by atomic mass is 10.2. The van der Waals surface area contributed by atoms with Crippen molar-refractivity contribution in [1.29, 1.82) is 0 Å². The van der Waals surface area contributed by atoms with Crippen molar-refractivity contribution in [2.24, 2.45) is 0 Å². The van der Waals surface area contributed by atoms with E-state index in [2.05, 4.69) is 15.9 Å². The molecule has 1 aromatic carbocycles. The summed E-state index contributed by atoms with van der Waals surface area (Å²) in [5.74, 6) is -1.18. The summed E-state index contributed by atoms with van der Waals surface area (Å²) in [6.45, 7) is 0.759. The van der Waals surface area contributed by atoms with Gasteiger partial charge in [-0.3, -0.25) is 0 Å². The van der Waals surface area contributed by atoms with Crippen molar-refractivity contribution >= 4 is 31.9 Å². The molecule has 0 spiro atoms. The number of ether oxygens (including phenoxy) is 1. The molecule has 0 fully saturated rings. The largest absolute Gasteiger partial charge is 0.478 e. The van der Waals surface area contributed by atoms with Crippen molar-refractivity contribution in [3.8, 4) is 0 Å². The first-order valence-corrected chi connectivity index (χ1v) is 8.02. The molecular weight excluding hydrogens is 350 g/mol. The van der Waals surface area contributed by atoms with E-state index in [1.807, 2.05) is 0 Å². The monoisotopic (exact) mass is 365 g/mol. The predicted octanol–water partition coefficient (Wildman–Crippen LogP) is 1.80.